The SMILES string of the molecule is O=C1CCCCCN1CC(=O)N1C[C@@H](O)[C@H](Oc2ccccc2)C1. The number of hydrogen-bond acceptors (Lipinski definition) is 4. The molecular formula is C18H24N2O4. The van der Waals surface area contributed by atoms with Crippen LogP contribution in [0.1, 0.15) is 25.7 Å². The summed E-state index contributed by atoms with van der Waals surface area (Å²) in [6, 6.07) is 9.28. The van der Waals surface area contributed by atoms with Crippen LogP contribution in [-0.2, 0) is 9.59 Å². The van der Waals surface area contributed by atoms with E-state index in [0.29, 0.717) is 25.3 Å². The van der Waals surface area contributed by atoms with E-state index in [9.17, 15) is 14.7 Å². The monoisotopic (exact) mass is 332 g/mol. The van der Waals surface area contributed by atoms with Crippen molar-refractivity contribution < 1.29 is 19.4 Å². The lowest BCUT2D eigenvalue weighted by atomic mass is 10.2. The molecule has 1 aromatic rings. The van der Waals surface area contributed by atoms with Crippen molar-refractivity contribution in [3.05, 3.63) is 30.3 Å². The van der Waals surface area contributed by atoms with Crippen molar-refractivity contribution in [1.82, 2.24) is 9.80 Å². The number of benzene rings is 1. The molecule has 0 spiro atoms. The fourth-order valence-corrected chi connectivity index (χ4v) is 3.22. The Hall–Kier alpha value is -2.08. The van der Waals surface area contributed by atoms with Gasteiger partial charge in [-0.1, -0.05) is 24.6 Å². The van der Waals surface area contributed by atoms with E-state index in [-0.39, 0.29) is 24.9 Å². The molecule has 2 aliphatic rings. The summed E-state index contributed by atoms with van der Waals surface area (Å²) in [4.78, 5) is 27.7. The maximum Gasteiger partial charge on any atom is 0.242 e. The van der Waals surface area contributed by atoms with Gasteiger partial charge in [-0.3, -0.25) is 9.59 Å². The molecule has 3 rings (SSSR count). The van der Waals surface area contributed by atoms with E-state index in [1.54, 1.807) is 9.80 Å². The van der Waals surface area contributed by atoms with Crippen LogP contribution in [0.5, 0.6) is 5.75 Å². The van der Waals surface area contributed by atoms with Crippen molar-refractivity contribution in [2.75, 3.05) is 26.2 Å². The average Bonchev–Trinajstić information content (AvgIpc) is 2.82. The van der Waals surface area contributed by atoms with Crippen LogP contribution in [0.25, 0.3) is 0 Å². The van der Waals surface area contributed by atoms with Gasteiger partial charge in [-0.15, -0.1) is 0 Å². The number of nitrogens with zero attached hydrogens (tertiary/aromatic N) is 2. The van der Waals surface area contributed by atoms with E-state index in [4.69, 9.17) is 4.74 Å². The highest BCUT2D eigenvalue weighted by Gasteiger charge is 2.36. The van der Waals surface area contributed by atoms with Gasteiger partial charge < -0.3 is 19.6 Å². The Labute approximate surface area is 142 Å². The maximum absolute atomic E-state index is 12.5. The smallest absolute Gasteiger partial charge is 0.242 e. The lowest BCUT2D eigenvalue weighted by Gasteiger charge is -2.23. The first-order valence-corrected chi connectivity index (χ1v) is 8.59. The summed E-state index contributed by atoms with van der Waals surface area (Å²) in [5.41, 5.74) is 0. The predicted octanol–water partition coefficient (Wildman–Crippen LogP) is 1.04. The third-order valence-electron chi connectivity index (χ3n) is 4.62. The van der Waals surface area contributed by atoms with Crippen LogP contribution < -0.4 is 4.74 Å². The van der Waals surface area contributed by atoms with Gasteiger partial charge in [-0.05, 0) is 25.0 Å². The number of amides is 2. The van der Waals surface area contributed by atoms with Gasteiger partial charge in [0.05, 0.1) is 19.6 Å². The Balaban J connectivity index is 1.55. The number of aliphatic hydroxyl groups excluding tert-OH is 1. The highest BCUT2D eigenvalue weighted by Crippen LogP contribution is 2.19. The number of rotatable bonds is 4. The van der Waals surface area contributed by atoms with Crippen LogP contribution in [0.15, 0.2) is 30.3 Å². The molecule has 2 atom stereocenters. The number of para-hydroxylation sites is 1. The largest absolute Gasteiger partial charge is 0.486 e. The normalized spacial score (nSPS) is 24.8. The zero-order chi connectivity index (χ0) is 16.9. The molecule has 0 bridgehead atoms. The van der Waals surface area contributed by atoms with E-state index in [0.717, 1.165) is 19.3 Å². The lowest BCUT2D eigenvalue weighted by molar-refractivity contribution is -0.139. The third-order valence-corrected chi connectivity index (χ3v) is 4.62. The molecule has 6 nitrogen and oxygen atoms in total. The van der Waals surface area contributed by atoms with Crippen molar-refractivity contribution in [3.8, 4) is 5.75 Å². The maximum atomic E-state index is 12.5. The predicted molar refractivity (Wildman–Crippen MR) is 88.5 cm³/mol. The molecule has 0 saturated carbocycles. The molecule has 0 aliphatic carbocycles. The van der Waals surface area contributed by atoms with Crippen LogP contribution in [0.4, 0.5) is 0 Å². The molecule has 130 valence electrons. The average molecular weight is 332 g/mol. The van der Waals surface area contributed by atoms with Crippen LogP contribution in [0.2, 0.25) is 0 Å². The second-order valence-corrected chi connectivity index (χ2v) is 6.46. The van der Waals surface area contributed by atoms with Gasteiger partial charge in [0.15, 0.2) is 0 Å². The molecule has 24 heavy (non-hydrogen) atoms. The Bertz CT molecular complexity index is 578. The number of ether oxygens (including phenoxy) is 1. The van der Waals surface area contributed by atoms with Gasteiger partial charge in [0, 0.05) is 13.0 Å². The second kappa shape index (κ2) is 7.66. The number of aliphatic hydroxyl groups is 1. The molecule has 6 heteroatoms. The van der Waals surface area contributed by atoms with E-state index < -0.39 is 12.2 Å². The Morgan fingerprint density at radius 3 is 2.75 bits per heavy atom. The number of likely N-dealkylation sites (tertiary alicyclic amines) is 2. The van der Waals surface area contributed by atoms with Gasteiger partial charge in [-0.25, -0.2) is 0 Å². The molecule has 0 unspecified atom stereocenters. The fourth-order valence-electron chi connectivity index (χ4n) is 3.22. The van der Waals surface area contributed by atoms with Gasteiger partial charge >= 0.3 is 0 Å². The first-order chi connectivity index (χ1) is 11.6. The number of hydrogen-bond donors (Lipinski definition) is 1. The highest BCUT2D eigenvalue weighted by molar-refractivity contribution is 5.85. The molecule has 1 N–H and O–H groups in total. The first kappa shape index (κ1) is 16.8. The van der Waals surface area contributed by atoms with Crippen LogP contribution in [0.3, 0.4) is 0 Å². The van der Waals surface area contributed by atoms with Crippen LogP contribution in [-0.4, -0.2) is 65.1 Å². The van der Waals surface area contributed by atoms with Gasteiger partial charge in [0.2, 0.25) is 11.8 Å². The first-order valence-electron chi connectivity index (χ1n) is 8.59. The zero-order valence-corrected chi connectivity index (χ0v) is 13.8. The minimum absolute atomic E-state index is 0.0534. The third kappa shape index (κ3) is 4.06. The molecule has 0 radical (unpaired) electrons. The van der Waals surface area contributed by atoms with Gasteiger partial charge in [0.25, 0.3) is 0 Å². The molecule has 1 aromatic carbocycles. The quantitative estimate of drug-likeness (QED) is 0.894. The molecule has 2 amide bonds. The summed E-state index contributed by atoms with van der Waals surface area (Å²) in [5.74, 6) is 0.611. The minimum atomic E-state index is -0.714. The van der Waals surface area contributed by atoms with E-state index in [1.165, 1.54) is 0 Å². The van der Waals surface area contributed by atoms with E-state index in [2.05, 4.69) is 0 Å². The van der Waals surface area contributed by atoms with Crippen LogP contribution >= 0.6 is 0 Å². The lowest BCUT2D eigenvalue weighted by Crippen LogP contribution is -2.42. The number of β-amino-alcohol motifs (C(OH)–C–C–N with tert-alkyl or cyclic N) is 1. The number of carbonyl (C=O) groups excluding carboxylic acids is 2. The zero-order valence-electron chi connectivity index (χ0n) is 13.8. The van der Waals surface area contributed by atoms with Crippen molar-refractivity contribution in [1.29, 1.82) is 0 Å². The summed E-state index contributed by atoms with van der Waals surface area (Å²) in [6.07, 6.45) is 2.26. The Morgan fingerprint density at radius 1 is 1.17 bits per heavy atom. The molecule has 2 heterocycles. The highest BCUT2D eigenvalue weighted by atomic mass is 16.5. The van der Waals surface area contributed by atoms with Gasteiger partial charge in [-0.2, -0.15) is 0 Å². The van der Waals surface area contributed by atoms with Gasteiger partial charge in [0.1, 0.15) is 18.0 Å². The number of carbonyl (C=O) groups is 2. The van der Waals surface area contributed by atoms with Crippen molar-refractivity contribution >= 4 is 11.8 Å². The molecule has 2 aliphatic heterocycles. The molecule has 2 saturated heterocycles. The minimum Gasteiger partial charge on any atom is -0.486 e. The van der Waals surface area contributed by atoms with Crippen LogP contribution in [0, 0.1) is 0 Å². The molecule has 2 fully saturated rings. The topological polar surface area (TPSA) is 70.1 Å². The summed E-state index contributed by atoms with van der Waals surface area (Å²) < 4.78 is 5.77. The summed E-state index contributed by atoms with van der Waals surface area (Å²) in [7, 11) is 0. The van der Waals surface area contributed by atoms with Crippen molar-refractivity contribution in [3.63, 3.8) is 0 Å². The summed E-state index contributed by atoms with van der Waals surface area (Å²) >= 11 is 0. The Morgan fingerprint density at radius 2 is 1.96 bits per heavy atom. The Kier molecular flexibility index (Phi) is 5.35. The van der Waals surface area contributed by atoms with E-state index >= 15 is 0 Å². The standard InChI is InChI=1S/C18H24N2O4/c21-15-11-20(12-16(15)24-14-7-3-1-4-8-14)18(23)13-19-10-6-2-5-9-17(19)22/h1,3-4,7-8,15-16,21H,2,5-6,9-13H2/t15-,16-/m1/s1. The summed E-state index contributed by atoms with van der Waals surface area (Å²) in [6.45, 7) is 1.34. The second-order valence-electron chi connectivity index (χ2n) is 6.46. The molecule has 0 aromatic heterocycles. The van der Waals surface area contributed by atoms with Crippen molar-refractivity contribution in [2.24, 2.45) is 0 Å². The van der Waals surface area contributed by atoms with E-state index in [1.807, 2.05) is 30.3 Å². The summed E-state index contributed by atoms with van der Waals surface area (Å²) in [5, 5.41) is 10.2. The van der Waals surface area contributed by atoms with Crippen molar-refractivity contribution in [2.45, 2.75) is 37.9 Å². The fraction of sp³-hybridized carbons (Fsp3) is 0.556. The molecular weight excluding hydrogens is 308 g/mol.